The van der Waals surface area contributed by atoms with Crippen LogP contribution in [0.25, 0.3) is 10.9 Å². The van der Waals surface area contributed by atoms with E-state index in [0.717, 1.165) is 36.3 Å². The number of guanidine groups is 1. The third-order valence-corrected chi connectivity index (χ3v) is 4.74. The number of carbonyl (C=O) groups is 1. The van der Waals surface area contributed by atoms with E-state index in [1.807, 2.05) is 49.5 Å². The van der Waals surface area contributed by atoms with E-state index < -0.39 is 0 Å². The Balaban J connectivity index is 1.46. The van der Waals surface area contributed by atoms with Crippen LogP contribution in [0.4, 0.5) is 0 Å². The SMILES string of the molecule is CCNC(=NCC(=O)NCc1ccc(OC)cc1)NCCc1c[nH]c2ccccc12. The molecule has 0 aliphatic heterocycles. The number of carbonyl (C=O) groups excluding carboxylic acids is 1. The Bertz CT molecular complexity index is 979. The minimum Gasteiger partial charge on any atom is -0.497 e. The second-order valence-electron chi connectivity index (χ2n) is 6.86. The molecule has 0 fully saturated rings. The van der Waals surface area contributed by atoms with Crippen molar-refractivity contribution in [3.63, 3.8) is 0 Å². The highest BCUT2D eigenvalue weighted by Crippen LogP contribution is 2.17. The summed E-state index contributed by atoms with van der Waals surface area (Å²) in [4.78, 5) is 19.8. The van der Waals surface area contributed by atoms with Crippen LogP contribution in [0.1, 0.15) is 18.1 Å². The maximum atomic E-state index is 12.2. The molecule has 30 heavy (non-hydrogen) atoms. The Morgan fingerprint density at radius 3 is 2.63 bits per heavy atom. The molecule has 1 aromatic heterocycles. The van der Waals surface area contributed by atoms with Gasteiger partial charge in [-0.2, -0.15) is 0 Å². The third kappa shape index (κ3) is 6.01. The molecule has 1 heterocycles. The van der Waals surface area contributed by atoms with Crippen LogP contribution in [-0.4, -0.2) is 43.6 Å². The van der Waals surface area contributed by atoms with Crippen molar-refractivity contribution in [3.8, 4) is 5.75 Å². The molecule has 0 saturated heterocycles. The van der Waals surface area contributed by atoms with Crippen LogP contribution < -0.4 is 20.7 Å². The fraction of sp³-hybridized carbons (Fsp3) is 0.304. The first kappa shape index (κ1) is 21.2. The van der Waals surface area contributed by atoms with E-state index in [9.17, 15) is 4.79 Å². The number of aromatic amines is 1. The van der Waals surface area contributed by atoms with Crippen molar-refractivity contribution in [3.05, 3.63) is 65.9 Å². The fourth-order valence-electron chi connectivity index (χ4n) is 3.15. The molecule has 4 N–H and O–H groups in total. The number of fused-ring (bicyclic) bond motifs is 1. The first-order chi connectivity index (χ1) is 14.7. The Morgan fingerprint density at radius 2 is 1.87 bits per heavy atom. The van der Waals surface area contributed by atoms with Crippen LogP contribution >= 0.6 is 0 Å². The first-order valence-electron chi connectivity index (χ1n) is 10.2. The summed E-state index contributed by atoms with van der Waals surface area (Å²) in [6.45, 7) is 3.98. The van der Waals surface area contributed by atoms with Crippen molar-refractivity contribution >= 4 is 22.8 Å². The number of hydrogen-bond acceptors (Lipinski definition) is 3. The van der Waals surface area contributed by atoms with Gasteiger partial charge in [0.05, 0.1) is 7.11 Å². The lowest BCUT2D eigenvalue weighted by molar-refractivity contribution is -0.119. The molecule has 0 aliphatic rings. The van der Waals surface area contributed by atoms with Crippen molar-refractivity contribution in [1.29, 1.82) is 0 Å². The smallest absolute Gasteiger partial charge is 0.242 e. The number of methoxy groups -OCH3 is 1. The molecule has 158 valence electrons. The van der Waals surface area contributed by atoms with Gasteiger partial charge >= 0.3 is 0 Å². The molecule has 0 unspecified atom stereocenters. The average molecular weight is 408 g/mol. The van der Waals surface area contributed by atoms with Crippen LogP contribution in [0.15, 0.2) is 59.7 Å². The van der Waals surface area contributed by atoms with Crippen molar-refractivity contribution in [1.82, 2.24) is 20.9 Å². The number of rotatable bonds is 9. The Kier molecular flexibility index (Phi) is 7.71. The molecule has 3 aromatic rings. The number of aliphatic imine (C=N–C) groups is 1. The maximum Gasteiger partial charge on any atom is 0.242 e. The van der Waals surface area contributed by atoms with Crippen LogP contribution in [0.5, 0.6) is 5.75 Å². The Hall–Kier alpha value is -3.48. The minimum absolute atomic E-state index is 0.0680. The molecule has 0 aliphatic carbocycles. The molecule has 0 radical (unpaired) electrons. The number of aromatic nitrogens is 1. The van der Waals surface area contributed by atoms with E-state index in [1.54, 1.807) is 7.11 Å². The van der Waals surface area contributed by atoms with Gasteiger partial charge in [0.2, 0.25) is 5.91 Å². The number of ether oxygens (including phenoxy) is 1. The molecule has 0 bridgehead atoms. The quantitative estimate of drug-likeness (QED) is 0.324. The average Bonchev–Trinajstić information content (AvgIpc) is 3.19. The summed E-state index contributed by atoms with van der Waals surface area (Å²) < 4.78 is 5.14. The predicted octanol–water partition coefficient (Wildman–Crippen LogP) is 2.59. The second-order valence-corrected chi connectivity index (χ2v) is 6.86. The van der Waals surface area contributed by atoms with Gasteiger partial charge < -0.3 is 25.7 Å². The molecule has 0 saturated carbocycles. The molecular weight excluding hydrogens is 378 g/mol. The molecule has 7 nitrogen and oxygen atoms in total. The van der Waals surface area contributed by atoms with E-state index in [1.165, 1.54) is 10.9 Å². The first-order valence-corrected chi connectivity index (χ1v) is 10.2. The largest absolute Gasteiger partial charge is 0.497 e. The maximum absolute atomic E-state index is 12.2. The zero-order chi connectivity index (χ0) is 21.2. The van der Waals surface area contributed by atoms with Crippen LogP contribution in [0.2, 0.25) is 0 Å². The number of hydrogen-bond donors (Lipinski definition) is 4. The monoisotopic (exact) mass is 407 g/mol. The topological polar surface area (TPSA) is 90.5 Å². The number of nitrogens with one attached hydrogen (secondary N) is 4. The van der Waals surface area contributed by atoms with Gasteiger partial charge in [0, 0.05) is 36.7 Å². The molecule has 0 atom stereocenters. The molecule has 2 aromatic carbocycles. The highest BCUT2D eigenvalue weighted by atomic mass is 16.5. The van der Waals surface area contributed by atoms with Gasteiger partial charge in [0.15, 0.2) is 5.96 Å². The van der Waals surface area contributed by atoms with Crippen molar-refractivity contribution in [2.24, 2.45) is 4.99 Å². The third-order valence-electron chi connectivity index (χ3n) is 4.74. The number of nitrogens with zero attached hydrogens (tertiary/aromatic N) is 1. The molecular formula is C23H29N5O2. The van der Waals surface area contributed by atoms with Gasteiger partial charge in [0.25, 0.3) is 0 Å². The van der Waals surface area contributed by atoms with Gasteiger partial charge in [-0.15, -0.1) is 0 Å². The van der Waals surface area contributed by atoms with Crippen molar-refractivity contribution in [2.45, 2.75) is 19.9 Å². The molecule has 3 rings (SSSR count). The normalized spacial score (nSPS) is 11.3. The minimum atomic E-state index is -0.125. The van der Waals surface area contributed by atoms with Crippen LogP contribution in [-0.2, 0) is 17.8 Å². The highest BCUT2D eigenvalue weighted by molar-refractivity contribution is 5.85. The highest BCUT2D eigenvalue weighted by Gasteiger charge is 2.05. The van der Waals surface area contributed by atoms with Crippen LogP contribution in [0.3, 0.4) is 0 Å². The van der Waals surface area contributed by atoms with E-state index in [-0.39, 0.29) is 12.5 Å². The lowest BCUT2D eigenvalue weighted by Gasteiger charge is -2.11. The van der Waals surface area contributed by atoms with Crippen molar-refractivity contribution < 1.29 is 9.53 Å². The van der Waals surface area contributed by atoms with E-state index in [4.69, 9.17) is 4.74 Å². The predicted molar refractivity (Wildman–Crippen MR) is 121 cm³/mol. The number of benzene rings is 2. The van der Waals surface area contributed by atoms with Gasteiger partial charge in [-0.3, -0.25) is 4.79 Å². The standard InChI is InChI=1S/C23H29N5O2/c1-3-24-23(25-13-12-18-15-26-21-7-5-4-6-20(18)21)28-16-22(29)27-14-17-8-10-19(30-2)11-9-17/h4-11,15,26H,3,12-14,16H2,1-2H3,(H,27,29)(H2,24,25,28). The zero-order valence-electron chi connectivity index (χ0n) is 17.5. The number of amides is 1. The van der Waals surface area contributed by atoms with E-state index in [0.29, 0.717) is 12.5 Å². The van der Waals surface area contributed by atoms with Gasteiger partial charge in [-0.05, 0) is 42.7 Å². The lowest BCUT2D eigenvalue weighted by atomic mass is 10.1. The Morgan fingerprint density at radius 1 is 1.07 bits per heavy atom. The summed E-state index contributed by atoms with van der Waals surface area (Å²) >= 11 is 0. The van der Waals surface area contributed by atoms with Gasteiger partial charge in [-0.1, -0.05) is 30.3 Å². The molecule has 7 heteroatoms. The Labute approximate surface area is 176 Å². The molecule has 1 amide bonds. The summed E-state index contributed by atoms with van der Waals surface area (Å²) in [5, 5.41) is 10.6. The number of H-pyrrole nitrogens is 1. The van der Waals surface area contributed by atoms with Crippen LogP contribution in [0, 0.1) is 0 Å². The second kappa shape index (κ2) is 10.9. The summed E-state index contributed by atoms with van der Waals surface area (Å²) in [5.41, 5.74) is 3.41. The van der Waals surface area contributed by atoms with Gasteiger partial charge in [-0.25, -0.2) is 4.99 Å². The zero-order valence-corrected chi connectivity index (χ0v) is 17.5. The van der Waals surface area contributed by atoms with E-state index >= 15 is 0 Å². The summed E-state index contributed by atoms with van der Waals surface area (Å²) in [7, 11) is 1.63. The summed E-state index contributed by atoms with van der Waals surface area (Å²) in [5.74, 6) is 1.31. The van der Waals surface area contributed by atoms with Gasteiger partial charge in [0.1, 0.15) is 12.3 Å². The van der Waals surface area contributed by atoms with E-state index in [2.05, 4.69) is 38.1 Å². The van der Waals surface area contributed by atoms with Crippen molar-refractivity contribution in [2.75, 3.05) is 26.7 Å². The summed E-state index contributed by atoms with van der Waals surface area (Å²) in [6.07, 6.45) is 2.90. The fourth-order valence-corrected chi connectivity index (χ4v) is 3.15. The molecule has 0 spiro atoms. The number of para-hydroxylation sites is 1. The summed E-state index contributed by atoms with van der Waals surface area (Å²) in [6, 6.07) is 15.9. The lowest BCUT2D eigenvalue weighted by Crippen LogP contribution is -2.39.